The van der Waals surface area contributed by atoms with Gasteiger partial charge < -0.3 is 9.80 Å². The van der Waals surface area contributed by atoms with E-state index >= 15 is 0 Å². The maximum atomic E-state index is 10.7. The van der Waals surface area contributed by atoms with E-state index in [1.54, 1.807) is 12.1 Å². The first-order chi connectivity index (χ1) is 9.74. The van der Waals surface area contributed by atoms with Crippen LogP contribution < -0.4 is 4.90 Å². The Kier molecular flexibility index (Phi) is 5.47. The molecule has 0 N–H and O–H groups in total. The average molecular weight is 309 g/mol. The second-order valence-electron chi connectivity index (χ2n) is 5.77. The van der Waals surface area contributed by atoms with Crippen molar-refractivity contribution in [1.82, 2.24) is 4.90 Å². The normalized spacial score (nSPS) is 22.3. The lowest BCUT2D eigenvalue weighted by molar-refractivity contribution is -0.384. The van der Waals surface area contributed by atoms with Gasteiger partial charge in [-0.05, 0) is 50.9 Å². The Labute approximate surface area is 132 Å². The predicted molar refractivity (Wildman–Crippen MR) is 89.5 cm³/mol. The fraction of sp³-hybridized carbons (Fsp3) is 0.600. The van der Waals surface area contributed by atoms with Crippen LogP contribution in [0.3, 0.4) is 0 Å². The molecular formula is C15H23N3O2S. The number of nitro benzene ring substituents is 1. The summed E-state index contributed by atoms with van der Waals surface area (Å²) < 4.78 is 0. The standard InChI is InChI=1S/C15H21N3O2.H2S/c19-18(20)14-7-5-13(6-8-14)17-11-3-4-15(17)12-16-9-1-2-10-16;/h5-8,15H,1-4,9-12H2;1H2/t15-;/m0./s1. The van der Waals surface area contributed by atoms with E-state index in [0.717, 1.165) is 18.8 Å². The zero-order chi connectivity index (χ0) is 13.9. The van der Waals surface area contributed by atoms with Crippen LogP contribution in [0.1, 0.15) is 25.7 Å². The Balaban J connectivity index is 0.00000161. The summed E-state index contributed by atoms with van der Waals surface area (Å²) in [5.74, 6) is 0. The number of nitro groups is 1. The highest BCUT2D eigenvalue weighted by molar-refractivity contribution is 7.59. The molecule has 0 aliphatic carbocycles. The zero-order valence-electron chi connectivity index (χ0n) is 12.2. The Hall–Kier alpha value is -1.27. The number of hydrogen-bond donors (Lipinski definition) is 0. The number of nitrogens with zero attached hydrogens (tertiary/aromatic N) is 3. The molecule has 6 heteroatoms. The number of anilines is 1. The summed E-state index contributed by atoms with van der Waals surface area (Å²) in [7, 11) is 0. The second-order valence-corrected chi connectivity index (χ2v) is 5.77. The first-order valence-electron chi connectivity index (χ1n) is 7.47. The van der Waals surface area contributed by atoms with E-state index in [0.29, 0.717) is 6.04 Å². The van der Waals surface area contributed by atoms with Crippen LogP contribution in [0.15, 0.2) is 24.3 Å². The van der Waals surface area contributed by atoms with Crippen LogP contribution in [0.25, 0.3) is 0 Å². The third-order valence-corrected chi connectivity index (χ3v) is 4.44. The van der Waals surface area contributed by atoms with Gasteiger partial charge in [0.15, 0.2) is 0 Å². The molecule has 1 aromatic rings. The summed E-state index contributed by atoms with van der Waals surface area (Å²) in [6.45, 7) is 4.66. The lowest BCUT2D eigenvalue weighted by Crippen LogP contribution is -2.39. The summed E-state index contributed by atoms with van der Waals surface area (Å²) in [5, 5.41) is 10.7. The number of likely N-dealkylation sites (tertiary alicyclic amines) is 1. The van der Waals surface area contributed by atoms with Crippen molar-refractivity contribution in [2.24, 2.45) is 0 Å². The smallest absolute Gasteiger partial charge is 0.269 e. The largest absolute Gasteiger partial charge is 0.367 e. The quantitative estimate of drug-likeness (QED) is 0.634. The van der Waals surface area contributed by atoms with Crippen LogP contribution in [0.4, 0.5) is 11.4 Å². The molecule has 21 heavy (non-hydrogen) atoms. The molecule has 2 heterocycles. The van der Waals surface area contributed by atoms with Gasteiger partial charge in [-0.15, -0.1) is 0 Å². The molecular weight excluding hydrogens is 286 g/mol. The highest BCUT2D eigenvalue weighted by Gasteiger charge is 2.27. The van der Waals surface area contributed by atoms with E-state index in [9.17, 15) is 10.1 Å². The molecule has 0 aromatic heterocycles. The molecule has 2 aliphatic heterocycles. The number of benzene rings is 1. The van der Waals surface area contributed by atoms with E-state index in [4.69, 9.17) is 0 Å². The topological polar surface area (TPSA) is 49.6 Å². The van der Waals surface area contributed by atoms with Crippen LogP contribution >= 0.6 is 13.5 Å². The minimum Gasteiger partial charge on any atom is -0.367 e. The summed E-state index contributed by atoms with van der Waals surface area (Å²) >= 11 is 0. The molecule has 0 saturated carbocycles. The highest BCUT2D eigenvalue weighted by atomic mass is 32.1. The summed E-state index contributed by atoms with van der Waals surface area (Å²) in [6, 6.07) is 7.57. The van der Waals surface area contributed by atoms with Gasteiger partial charge in [0.2, 0.25) is 0 Å². The molecule has 1 aromatic carbocycles. The number of hydrogen-bond acceptors (Lipinski definition) is 4. The number of rotatable bonds is 4. The first kappa shape index (κ1) is 16.1. The van der Waals surface area contributed by atoms with Crippen LogP contribution in [0.5, 0.6) is 0 Å². The third-order valence-electron chi connectivity index (χ3n) is 4.44. The van der Waals surface area contributed by atoms with Gasteiger partial charge in [-0.2, -0.15) is 13.5 Å². The van der Waals surface area contributed by atoms with E-state index in [2.05, 4.69) is 9.80 Å². The van der Waals surface area contributed by atoms with Gasteiger partial charge in [-0.3, -0.25) is 10.1 Å². The molecule has 0 unspecified atom stereocenters. The van der Waals surface area contributed by atoms with Crippen LogP contribution in [0.2, 0.25) is 0 Å². The van der Waals surface area contributed by atoms with E-state index in [1.165, 1.54) is 38.8 Å². The Morgan fingerprint density at radius 3 is 2.38 bits per heavy atom. The molecule has 3 rings (SSSR count). The lowest BCUT2D eigenvalue weighted by Gasteiger charge is -2.30. The van der Waals surface area contributed by atoms with Crippen molar-refractivity contribution in [3.8, 4) is 0 Å². The van der Waals surface area contributed by atoms with Crippen molar-refractivity contribution in [3.63, 3.8) is 0 Å². The summed E-state index contributed by atoms with van der Waals surface area (Å²) in [4.78, 5) is 15.3. The maximum Gasteiger partial charge on any atom is 0.269 e. The average Bonchev–Trinajstić information content (AvgIpc) is 3.11. The van der Waals surface area contributed by atoms with Crippen molar-refractivity contribution in [2.75, 3.05) is 31.1 Å². The lowest BCUT2D eigenvalue weighted by atomic mass is 10.2. The molecule has 2 aliphatic rings. The van der Waals surface area contributed by atoms with Gasteiger partial charge in [0.05, 0.1) is 4.92 Å². The van der Waals surface area contributed by atoms with Gasteiger partial charge in [0.25, 0.3) is 5.69 Å². The maximum absolute atomic E-state index is 10.7. The molecule has 2 fully saturated rings. The van der Waals surface area contributed by atoms with Crippen molar-refractivity contribution in [2.45, 2.75) is 31.7 Å². The Bertz CT molecular complexity index is 474. The summed E-state index contributed by atoms with van der Waals surface area (Å²) in [5.41, 5.74) is 1.29. The van der Waals surface area contributed by atoms with Gasteiger partial charge >= 0.3 is 0 Å². The SMILES string of the molecule is O=[N+]([O-])c1ccc(N2CCC[C@H]2CN2CCCC2)cc1.S. The van der Waals surface area contributed by atoms with Crippen molar-refractivity contribution in [1.29, 1.82) is 0 Å². The molecule has 0 spiro atoms. The van der Waals surface area contributed by atoms with Gasteiger partial charge in [0.1, 0.15) is 0 Å². The van der Waals surface area contributed by atoms with Crippen LogP contribution in [-0.2, 0) is 0 Å². The zero-order valence-corrected chi connectivity index (χ0v) is 13.2. The van der Waals surface area contributed by atoms with Crippen LogP contribution in [0, 0.1) is 10.1 Å². The summed E-state index contributed by atoms with van der Waals surface area (Å²) in [6.07, 6.45) is 5.09. The van der Waals surface area contributed by atoms with Crippen LogP contribution in [-0.4, -0.2) is 42.0 Å². The molecule has 0 radical (unpaired) electrons. The molecule has 0 bridgehead atoms. The molecule has 116 valence electrons. The minimum atomic E-state index is -0.338. The van der Waals surface area contributed by atoms with Gasteiger partial charge in [0, 0.05) is 37.0 Å². The monoisotopic (exact) mass is 309 g/mol. The van der Waals surface area contributed by atoms with Crippen molar-refractivity contribution >= 4 is 24.9 Å². The molecule has 5 nitrogen and oxygen atoms in total. The van der Waals surface area contributed by atoms with Crippen molar-refractivity contribution in [3.05, 3.63) is 34.4 Å². The third kappa shape index (κ3) is 3.68. The fourth-order valence-corrected chi connectivity index (χ4v) is 3.39. The number of non-ortho nitro benzene ring substituents is 1. The Morgan fingerprint density at radius 1 is 1.10 bits per heavy atom. The fourth-order valence-electron chi connectivity index (χ4n) is 3.39. The highest BCUT2D eigenvalue weighted by Crippen LogP contribution is 2.28. The van der Waals surface area contributed by atoms with E-state index in [-0.39, 0.29) is 24.1 Å². The second kappa shape index (κ2) is 7.13. The Morgan fingerprint density at radius 2 is 1.76 bits per heavy atom. The predicted octanol–water partition coefficient (Wildman–Crippen LogP) is 2.77. The molecule has 1 atom stereocenters. The molecule has 0 amide bonds. The van der Waals surface area contributed by atoms with E-state index < -0.39 is 0 Å². The minimum absolute atomic E-state index is 0. The first-order valence-corrected chi connectivity index (χ1v) is 7.47. The molecule has 2 saturated heterocycles. The van der Waals surface area contributed by atoms with Gasteiger partial charge in [-0.25, -0.2) is 0 Å². The van der Waals surface area contributed by atoms with E-state index in [1.807, 2.05) is 12.1 Å². The van der Waals surface area contributed by atoms with Gasteiger partial charge in [-0.1, -0.05) is 0 Å². The van der Waals surface area contributed by atoms with Crippen molar-refractivity contribution < 1.29 is 4.92 Å².